The van der Waals surface area contributed by atoms with E-state index in [1.54, 1.807) is 0 Å². The lowest BCUT2D eigenvalue weighted by molar-refractivity contribution is 0.302. The van der Waals surface area contributed by atoms with Crippen LogP contribution >= 0.6 is 0 Å². The lowest BCUT2D eigenvalue weighted by Gasteiger charge is -2.21. The number of nitrogens with two attached hydrogens (primary N) is 1. The van der Waals surface area contributed by atoms with Gasteiger partial charge in [-0.1, -0.05) is 13.8 Å². The number of guanidine groups is 1. The van der Waals surface area contributed by atoms with Crippen molar-refractivity contribution in [3.63, 3.8) is 0 Å². The minimum atomic E-state index is -0.00748. The van der Waals surface area contributed by atoms with Crippen molar-refractivity contribution in [2.75, 3.05) is 26.2 Å². The standard InChI is InChI=1S/C12H28N4/c1-6-16(7-2)10-8-9-14-11(13)15-12(3,4)5/h6-10H2,1-5H3,(H3,13,14,15). The molecule has 0 radical (unpaired) electrons. The Morgan fingerprint density at radius 2 is 1.81 bits per heavy atom. The van der Waals surface area contributed by atoms with E-state index in [4.69, 9.17) is 5.73 Å². The minimum absolute atomic E-state index is 0.00748. The fourth-order valence-corrected chi connectivity index (χ4v) is 1.46. The Balaban J connectivity index is 3.75. The van der Waals surface area contributed by atoms with Crippen LogP contribution in [0.1, 0.15) is 41.0 Å². The van der Waals surface area contributed by atoms with E-state index in [0.717, 1.165) is 32.6 Å². The van der Waals surface area contributed by atoms with Crippen molar-refractivity contribution < 1.29 is 0 Å². The molecule has 4 nitrogen and oxygen atoms in total. The molecule has 0 aliphatic heterocycles. The second-order valence-corrected chi connectivity index (χ2v) is 5.02. The maximum atomic E-state index is 5.77. The van der Waals surface area contributed by atoms with Gasteiger partial charge in [0.15, 0.2) is 5.96 Å². The van der Waals surface area contributed by atoms with Gasteiger partial charge in [0.05, 0.1) is 0 Å². The molecule has 0 bridgehead atoms. The molecule has 0 saturated heterocycles. The van der Waals surface area contributed by atoms with Crippen LogP contribution in [0.15, 0.2) is 4.99 Å². The Morgan fingerprint density at radius 3 is 2.25 bits per heavy atom. The Bertz CT molecular complexity index is 202. The van der Waals surface area contributed by atoms with Crippen LogP contribution in [0.25, 0.3) is 0 Å². The van der Waals surface area contributed by atoms with Gasteiger partial charge >= 0.3 is 0 Å². The highest BCUT2D eigenvalue weighted by molar-refractivity contribution is 5.78. The number of hydrogen-bond acceptors (Lipinski definition) is 2. The van der Waals surface area contributed by atoms with Crippen molar-refractivity contribution in [3.8, 4) is 0 Å². The van der Waals surface area contributed by atoms with Crippen LogP contribution in [0.5, 0.6) is 0 Å². The molecule has 0 unspecified atom stereocenters. The summed E-state index contributed by atoms with van der Waals surface area (Å²) in [5.74, 6) is 0.548. The molecule has 16 heavy (non-hydrogen) atoms. The van der Waals surface area contributed by atoms with Crippen molar-refractivity contribution in [2.45, 2.75) is 46.6 Å². The van der Waals surface area contributed by atoms with E-state index in [0.29, 0.717) is 5.96 Å². The summed E-state index contributed by atoms with van der Waals surface area (Å²) < 4.78 is 0. The third kappa shape index (κ3) is 8.53. The predicted molar refractivity (Wildman–Crippen MR) is 71.8 cm³/mol. The smallest absolute Gasteiger partial charge is 0.188 e. The molecule has 0 aliphatic rings. The molecule has 0 aromatic heterocycles. The maximum absolute atomic E-state index is 5.77. The van der Waals surface area contributed by atoms with Gasteiger partial charge in [-0.2, -0.15) is 0 Å². The number of rotatable bonds is 6. The van der Waals surface area contributed by atoms with Crippen LogP contribution in [0, 0.1) is 0 Å². The number of hydrogen-bond donors (Lipinski definition) is 2. The monoisotopic (exact) mass is 228 g/mol. The first-order valence-corrected chi connectivity index (χ1v) is 6.19. The molecule has 0 aromatic rings. The zero-order valence-electron chi connectivity index (χ0n) is 11.5. The highest BCUT2D eigenvalue weighted by atomic mass is 15.1. The van der Waals surface area contributed by atoms with E-state index >= 15 is 0 Å². The van der Waals surface area contributed by atoms with E-state index < -0.39 is 0 Å². The summed E-state index contributed by atoms with van der Waals surface area (Å²) in [5, 5.41) is 3.15. The molecule has 0 atom stereocenters. The fraction of sp³-hybridized carbons (Fsp3) is 0.917. The van der Waals surface area contributed by atoms with Crippen molar-refractivity contribution in [2.24, 2.45) is 10.7 Å². The van der Waals surface area contributed by atoms with E-state index in [2.05, 4.69) is 49.8 Å². The maximum Gasteiger partial charge on any atom is 0.188 e. The van der Waals surface area contributed by atoms with Gasteiger partial charge in [-0.05, 0) is 46.8 Å². The summed E-state index contributed by atoms with van der Waals surface area (Å²) in [6.45, 7) is 14.7. The zero-order valence-corrected chi connectivity index (χ0v) is 11.5. The van der Waals surface area contributed by atoms with E-state index in [9.17, 15) is 0 Å². The zero-order chi connectivity index (χ0) is 12.6. The molecular formula is C12H28N4. The largest absolute Gasteiger partial charge is 0.370 e. The highest BCUT2D eigenvalue weighted by Crippen LogP contribution is 1.97. The highest BCUT2D eigenvalue weighted by Gasteiger charge is 2.09. The molecule has 0 fully saturated rings. The fourth-order valence-electron chi connectivity index (χ4n) is 1.46. The SMILES string of the molecule is CCN(CC)CCCN=C(N)NC(C)(C)C. The number of nitrogens with zero attached hydrogens (tertiary/aromatic N) is 2. The normalized spacial score (nSPS) is 13.2. The quantitative estimate of drug-likeness (QED) is 0.411. The third-order valence-electron chi connectivity index (χ3n) is 2.31. The first-order valence-electron chi connectivity index (χ1n) is 6.19. The van der Waals surface area contributed by atoms with Gasteiger partial charge in [0.2, 0.25) is 0 Å². The molecule has 0 heterocycles. The lowest BCUT2D eigenvalue weighted by Crippen LogP contribution is -2.45. The van der Waals surface area contributed by atoms with E-state index in [-0.39, 0.29) is 5.54 Å². The minimum Gasteiger partial charge on any atom is -0.370 e. The summed E-state index contributed by atoms with van der Waals surface area (Å²) in [6, 6.07) is 0. The third-order valence-corrected chi connectivity index (χ3v) is 2.31. The molecule has 0 amide bonds. The molecule has 0 aromatic carbocycles. The van der Waals surface area contributed by atoms with Gasteiger partial charge in [-0.25, -0.2) is 0 Å². The van der Waals surface area contributed by atoms with Crippen LogP contribution in [0.4, 0.5) is 0 Å². The van der Waals surface area contributed by atoms with Gasteiger partial charge in [0.25, 0.3) is 0 Å². The van der Waals surface area contributed by atoms with Gasteiger partial charge in [-0.3, -0.25) is 4.99 Å². The second kappa shape index (κ2) is 7.49. The summed E-state index contributed by atoms with van der Waals surface area (Å²) >= 11 is 0. The van der Waals surface area contributed by atoms with Crippen LogP contribution < -0.4 is 11.1 Å². The summed E-state index contributed by atoms with van der Waals surface area (Å²) in [5.41, 5.74) is 5.76. The summed E-state index contributed by atoms with van der Waals surface area (Å²) in [4.78, 5) is 6.70. The van der Waals surface area contributed by atoms with Crippen LogP contribution in [-0.2, 0) is 0 Å². The topological polar surface area (TPSA) is 53.6 Å². The molecule has 4 heteroatoms. The molecule has 96 valence electrons. The van der Waals surface area contributed by atoms with Crippen molar-refractivity contribution in [3.05, 3.63) is 0 Å². The Morgan fingerprint density at radius 1 is 1.25 bits per heavy atom. The Labute approximate surface area is 100 Å². The van der Waals surface area contributed by atoms with E-state index in [1.807, 2.05) is 0 Å². The second-order valence-electron chi connectivity index (χ2n) is 5.02. The van der Waals surface area contributed by atoms with Crippen molar-refractivity contribution >= 4 is 5.96 Å². The molecule has 0 rings (SSSR count). The van der Waals surface area contributed by atoms with Crippen LogP contribution in [0.2, 0.25) is 0 Å². The van der Waals surface area contributed by atoms with E-state index in [1.165, 1.54) is 0 Å². The van der Waals surface area contributed by atoms with Gasteiger partial charge in [0, 0.05) is 12.1 Å². The average molecular weight is 228 g/mol. The molecule has 3 N–H and O–H groups in total. The summed E-state index contributed by atoms with van der Waals surface area (Å²) in [6.07, 6.45) is 1.06. The van der Waals surface area contributed by atoms with Crippen molar-refractivity contribution in [1.82, 2.24) is 10.2 Å². The van der Waals surface area contributed by atoms with Gasteiger partial charge in [-0.15, -0.1) is 0 Å². The van der Waals surface area contributed by atoms with Crippen molar-refractivity contribution in [1.29, 1.82) is 0 Å². The van der Waals surface area contributed by atoms with Crippen LogP contribution in [0.3, 0.4) is 0 Å². The summed E-state index contributed by atoms with van der Waals surface area (Å²) in [7, 11) is 0. The first-order chi connectivity index (χ1) is 7.39. The number of aliphatic imine (C=N–C) groups is 1. The molecule has 0 saturated carbocycles. The van der Waals surface area contributed by atoms with Gasteiger partial charge < -0.3 is 16.0 Å². The van der Waals surface area contributed by atoms with Gasteiger partial charge in [0.1, 0.15) is 0 Å². The Kier molecular flexibility index (Phi) is 7.13. The average Bonchev–Trinajstić information content (AvgIpc) is 2.15. The number of nitrogens with one attached hydrogen (secondary N) is 1. The molecular weight excluding hydrogens is 200 g/mol. The van der Waals surface area contributed by atoms with Crippen LogP contribution in [-0.4, -0.2) is 42.6 Å². The predicted octanol–water partition coefficient (Wildman–Crippen LogP) is 1.42. The Hall–Kier alpha value is -0.770. The first kappa shape index (κ1) is 15.2. The lowest BCUT2D eigenvalue weighted by atomic mass is 10.1. The molecule has 0 aliphatic carbocycles. The molecule has 0 spiro atoms.